The molecule has 1 aliphatic heterocycles. The van der Waals surface area contributed by atoms with Crippen LogP contribution in [-0.2, 0) is 19.1 Å². The van der Waals surface area contributed by atoms with Crippen LogP contribution in [0.5, 0.6) is 0 Å². The van der Waals surface area contributed by atoms with E-state index in [9.17, 15) is 14.4 Å². The average Bonchev–Trinajstić information content (AvgIpc) is 2.63. The Morgan fingerprint density at radius 2 is 1.84 bits per heavy atom. The van der Waals surface area contributed by atoms with E-state index in [-0.39, 0.29) is 41.4 Å². The number of allylic oxidation sites excluding steroid dienone is 2. The lowest BCUT2D eigenvalue weighted by atomic mass is 9.43. The molecule has 0 aromatic heterocycles. The number of carbonyl (C=O) groups is 3. The summed E-state index contributed by atoms with van der Waals surface area (Å²) < 4.78 is 4.85. The van der Waals surface area contributed by atoms with E-state index in [1.807, 2.05) is 0 Å². The molecule has 4 nitrogen and oxygen atoms in total. The predicted molar refractivity (Wildman–Crippen MR) is 64.6 cm³/mol. The predicted octanol–water partition coefficient (Wildman–Crippen LogP) is 1.35. The zero-order chi connectivity index (χ0) is 13.3. The SMILES string of the molecule is CC(=O)C[C@@H]1C[C@@H]2[C@@H]3C=C[C@H]([C@H]4C(=O)OC(=O)[C@H]34)[C@H]12. The van der Waals surface area contributed by atoms with E-state index in [4.69, 9.17) is 4.74 Å². The summed E-state index contributed by atoms with van der Waals surface area (Å²) in [5, 5.41) is 0. The zero-order valence-electron chi connectivity index (χ0n) is 10.7. The number of hydrogen-bond donors (Lipinski definition) is 0. The first-order valence-corrected chi connectivity index (χ1v) is 7.01. The number of rotatable bonds is 2. The lowest BCUT2D eigenvalue weighted by Gasteiger charge is -2.59. The van der Waals surface area contributed by atoms with Gasteiger partial charge in [0, 0.05) is 6.42 Å². The third-order valence-corrected chi connectivity index (χ3v) is 5.62. The average molecular weight is 260 g/mol. The van der Waals surface area contributed by atoms with E-state index in [2.05, 4.69) is 12.2 Å². The maximum atomic E-state index is 11.9. The summed E-state index contributed by atoms with van der Waals surface area (Å²) >= 11 is 0. The molecule has 5 rings (SSSR count). The van der Waals surface area contributed by atoms with E-state index in [0.29, 0.717) is 24.2 Å². The second-order valence-corrected chi connectivity index (χ2v) is 6.47. The highest BCUT2D eigenvalue weighted by Crippen LogP contribution is 2.64. The number of hydrogen-bond acceptors (Lipinski definition) is 4. The second kappa shape index (κ2) is 3.56. The molecule has 0 N–H and O–H groups in total. The number of cyclic esters (lactones) is 2. The highest BCUT2D eigenvalue weighted by molar-refractivity contribution is 5.97. The lowest BCUT2D eigenvalue weighted by molar-refractivity contribution is -0.154. The molecular weight excluding hydrogens is 244 g/mol. The normalized spacial score (nSPS) is 49.4. The van der Waals surface area contributed by atoms with E-state index in [0.717, 1.165) is 6.42 Å². The first kappa shape index (κ1) is 11.4. The van der Waals surface area contributed by atoms with Crippen molar-refractivity contribution in [2.45, 2.75) is 19.8 Å². The Kier molecular flexibility index (Phi) is 2.13. The third kappa shape index (κ3) is 1.32. The largest absolute Gasteiger partial charge is 0.393 e. The summed E-state index contributed by atoms with van der Waals surface area (Å²) in [5.41, 5.74) is 0. The van der Waals surface area contributed by atoms with Crippen LogP contribution >= 0.6 is 0 Å². The molecule has 1 heterocycles. The van der Waals surface area contributed by atoms with Crippen molar-refractivity contribution in [2.24, 2.45) is 41.4 Å². The second-order valence-electron chi connectivity index (χ2n) is 6.47. The minimum absolute atomic E-state index is 0.108. The molecule has 7 atom stereocenters. The molecule has 0 unspecified atom stereocenters. The monoisotopic (exact) mass is 260 g/mol. The maximum Gasteiger partial charge on any atom is 0.318 e. The van der Waals surface area contributed by atoms with Crippen LogP contribution in [0, 0.1) is 41.4 Å². The molecule has 0 aromatic carbocycles. The van der Waals surface area contributed by atoms with Crippen molar-refractivity contribution in [1.82, 2.24) is 0 Å². The standard InChI is InChI=1S/C15H16O4/c1-6(16)4-7-5-10-8-2-3-9(11(7)10)13-12(8)14(17)19-15(13)18/h2-3,7-13H,4-5H2,1H3/t7-,8+,9+,10-,11+,12-,13-/m1/s1. The third-order valence-electron chi connectivity index (χ3n) is 5.62. The van der Waals surface area contributed by atoms with Crippen LogP contribution in [0.2, 0.25) is 0 Å². The number of carbonyl (C=O) groups excluding carboxylic acids is 3. The van der Waals surface area contributed by atoms with Crippen LogP contribution in [0.25, 0.3) is 0 Å². The summed E-state index contributed by atoms with van der Waals surface area (Å²) in [7, 11) is 0. The summed E-state index contributed by atoms with van der Waals surface area (Å²) in [6.07, 6.45) is 5.83. The van der Waals surface area contributed by atoms with Crippen molar-refractivity contribution in [1.29, 1.82) is 0 Å². The summed E-state index contributed by atoms with van der Waals surface area (Å²) in [5.74, 6) is 0.543. The van der Waals surface area contributed by atoms with E-state index in [1.165, 1.54) is 0 Å². The molecule has 2 saturated carbocycles. The molecule has 3 fully saturated rings. The van der Waals surface area contributed by atoms with Crippen LogP contribution in [0.1, 0.15) is 19.8 Å². The molecule has 100 valence electrons. The molecule has 0 radical (unpaired) electrons. The van der Waals surface area contributed by atoms with Crippen LogP contribution in [0.4, 0.5) is 0 Å². The van der Waals surface area contributed by atoms with Gasteiger partial charge in [0.2, 0.25) is 0 Å². The highest BCUT2D eigenvalue weighted by atomic mass is 16.6. The molecule has 0 aromatic rings. The number of ketones is 1. The van der Waals surface area contributed by atoms with Gasteiger partial charge < -0.3 is 9.53 Å². The van der Waals surface area contributed by atoms with Crippen LogP contribution in [0.3, 0.4) is 0 Å². The Hall–Kier alpha value is -1.45. The Morgan fingerprint density at radius 3 is 2.53 bits per heavy atom. The van der Waals surface area contributed by atoms with Gasteiger partial charge >= 0.3 is 11.9 Å². The van der Waals surface area contributed by atoms with Crippen LogP contribution in [0.15, 0.2) is 12.2 Å². The first-order valence-electron chi connectivity index (χ1n) is 7.01. The van der Waals surface area contributed by atoms with Crippen molar-refractivity contribution >= 4 is 17.7 Å². The van der Waals surface area contributed by atoms with Crippen molar-refractivity contribution in [2.75, 3.05) is 0 Å². The fourth-order valence-corrected chi connectivity index (χ4v) is 5.01. The molecule has 5 aliphatic rings. The van der Waals surface area contributed by atoms with Gasteiger partial charge in [0.25, 0.3) is 0 Å². The first-order chi connectivity index (χ1) is 9.08. The number of esters is 2. The Balaban J connectivity index is 1.67. The highest BCUT2D eigenvalue weighted by Gasteiger charge is 2.65. The molecule has 4 heteroatoms. The molecule has 0 spiro atoms. The van der Waals surface area contributed by atoms with Gasteiger partial charge in [-0.2, -0.15) is 0 Å². The fraction of sp³-hybridized carbons (Fsp3) is 0.667. The number of ether oxygens (including phenoxy) is 1. The number of Topliss-reactive ketones (excluding diaryl/α,β-unsaturated/α-hetero) is 1. The zero-order valence-corrected chi connectivity index (χ0v) is 10.7. The minimum atomic E-state index is -0.346. The van der Waals surface area contributed by atoms with Gasteiger partial charge in [-0.25, -0.2) is 0 Å². The summed E-state index contributed by atoms with van der Waals surface area (Å²) in [6.45, 7) is 1.63. The lowest BCUT2D eigenvalue weighted by Crippen LogP contribution is -2.57. The van der Waals surface area contributed by atoms with Gasteiger partial charge in [-0.1, -0.05) is 12.2 Å². The van der Waals surface area contributed by atoms with Crippen molar-refractivity contribution < 1.29 is 19.1 Å². The maximum absolute atomic E-state index is 11.9. The smallest absolute Gasteiger partial charge is 0.318 e. The summed E-state index contributed by atoms with van der Waals surface area (Å²) in [6, 6.07) is 0. The quantitative estimate of drug-likeness (QED) is 0.427. The van der Waals surface area contributed by atoms with Gasteiger partial charge in [-0.05, 0) is 42.9 Å². The van der Waals surface area contributed by atoms with Gasteiger partial charge in [0.1, 0.15) is 5.78 Å². The van der Waals surface area contributed by atoms with E-state index >= 15 is 0 Å². The topological polar surface area (TPSA) is 60.4 Å². The Bertz CT molecular complexity index is 520. The van der Waals surface area contributed by atoms with Crippen molar-refractivity contribution in [3.8, 4) is 0 Å². The van der Waals surface area contributed by atoms with Crippen molar-refractivity contribution in [3.05, 3.63) is 12.2 Å². The Labute approximate surface area is 111 Å². The van der Waals surface area contributed by atoms with Crippen molar-refractivity contribution in [3.63, 3.8) is 0 Å². The fourth-order valence-electron chi connectivity index (χ4n) is 5.01. The van der Waals surface area contributed by atoms with E-state index < -0.39 is 0 Å². The van der Waals surface area contributed by atoms with E-state index in [1.54, 1.807) is 6.92 Å². The van der Waals surface area contributed by atoms with Crippen LogP contribution < -0.4 is 0 Å². The summed E-state index contributed by atoms with van der Waals surface area (Å²) in [4.78, 5) is 35.0. The molecule has 2 bridgehead atoms. The van der Waals surface area contributed by atoms with Gasteiger partial charge in [-0.15, -0.1) is 0 Å². The van der Waals surface area contributed by atoms with Gasteiger partial charge in [-0.3, -0.25) is 9.59 Å². The van der Waals surface area contributed by atoms with Gasteiger partial charge in [0.05, 0.1) is 11.8 Å². The molecule has 4 aliphatic carbocycles. The molecule has 0 amide bonds. The molecule has 19 heavy (non-hydrogen) atoms. The molecular formula is C15H16O4. The minimum Gasteiger partial charge on any atom is -0.393 e. The van der Waals surface area contributed by atoms with Gasteiger partial charge in [0.15, 0.2) is 0 Å². The molecule has 1 saturated heterocycles. The van der Waals surface area contributed by atoms with Crippen LogP contribution in [-0.4, -0.2) is 17.7 Å². The Morgan fingerprint density at radius 1 is 1.21 bits per heavy atom.